The van der Waals surface area contributed by atoms with Crippen molar-refractivity contribution in [3.8, 4) is 0 Å². The number of benzene rings is 1. The Morgan fingerprint density at radius 2 is 1.68 bits per heavy atom. The van der Waals surface area contributed by atoms with E-state index in [0.29, 0.717) is 11.1 Å². The molecule has 1 atom stereocenters. The molecule has 0 saturated heterocycles. The molecule has 0 aliphatic carbocycles. The lowest BCUT2D eigenvalue weighted by atomic mass is 10.1. The Kier molecular flexibility index (Phi) is 4.64. The number of allylic oxidation sites excluding steroid dienone is 1. The van der Waals surface area contributed by atoms with Crippen LogP contribution in [0.1, 0.15) is 45.8 Å². The van der Waals surface area contributed by atoms with Crippen molar-refractivity contribution in [3.63, 3.8) is 0 Å². The lowest BCUT2D eigenvalue weighted by molar-refractivity contribution is 0.229. The van der Waals surface area contributed by atoms with E-state index in [1.165, 1.54) is 18.0 Å². The number of hydrogen-bond acceptors (Lipinski definition) is 1. The van der Waals surface area contributed by atoms with Gasteiger partial charge in [-0.05, 0) is 29.1 Å². The van der Waals surface area contributed by atoms with Crippen molar-refractivity contribution in [2.24, 2.45) is 0 Å². The zero-order valence-corrected chi connectivity index (χ0v) is 13.6. The van der Waals surface area contributed by atoms with Crippen LogP contribution in [-0.4, -0.2) is 8.32 Å². The highest BCUT2D eigenvalue weighted by atomic mass is 28.4. The molecule has 1 nitrogen and oxygen atoms in total. The Hall–Kier alpha value is -0.863. The van der Waals surface area contributed by atoms with Crippen LogP contribution in [0.15, 0.2) is 42.5 Å². The topological polar surface area (TPSA) is 9.23 Å². The molecule has 0 N–H and O–H groups in total. The van der Waals surface area contributed by atoms with Crippen LogP contribution >= 0.6 is 0 Å². The SMILES string of the molecule is CC(C)[Si]1(C(C)C)CCC=CC(c2ccccc2)O1. The van der Waals surface area contributed by atoms with Gasteiger partial charge in [-0.15, -0.1) is 0 Å². The molecule has 0 radical (unpaired) electrons. The maximum Gasteiger partial charge on any atom is 0.199 e. The first-order valence-corrected chi connectivity index (χ1v) is 9.72. The summed E-state index contributed by atoms with van der Waals surface area (Å²) in [7, 11) is -1.70. The first kappa shape index (κ1) is 14.5. The maximum atomic E-state index is 6.76. The molecule has 0 amide bonds. The molecule has 0 bridgehead atoms. The van der Waals surface area contributed by atoms with Gasteiger partial charge in [-0.3, -0.25) is 0 Å². The van der Waals surface area contributed by atoms with Gasteiger partial charge < -0.3 is 4.43 Å². The number of rotatable bonds is 3. The highest BCUT2D eigenvalue weighted by molar-refractivity contribution is 6.76. The Bertz CT molecular complexity index is 414. The molecule has 1 unspecified atom stereocenters. The van der Waals surface area contributed by atoms with E-state index in [0.717, 1.165) is 0 Å². The summed E-state index contributed by atoms with van der Waals surface area (Å²) in [4.78, 5) is 0. The first-order valence-electron chi connectivity index (χ1n) is 7.45. The van der Waals surface area contributed by atoms with Crippen LogP contribution in [-0.2, 0) is 4.43 Å². The summed E-state index contributed by atoms with van der Waals surface area (Å²) in [6, 6.07) is 11.9. The molecule has 104 valence electrons. The van der Waals surface area contributed by atoms with E-state index in [-0.39, 0.29) is 6.10 Å². The third-order valence-electron chi connectivity index (χ3n) is 4.44. The molecule has 1 aliphatic heterocycles. The van der Waals surface area contributed by atoms with Crippen molar-refractivity contribution in [3.05, 3.63) is 48.0 Å². The summed E-state index contributed by atoms with van der Waals surface area (Å²) in [6.07, 6.45) is 5.90. The van der Waals surface area contributed by atoms with Crippen LogP contribution in [0.3, 0.4) is 0 Å². The minimum atomic E-state index is -1.70. The van der Waals surface area contributed by atoms with Crippen LogP contribution in [0.2, 0.25) is 17.1 Å². The Labute approximate surface area is 118 Å². The molecular weight excluding hydrogens is 248 g/mol. The second kappa shape index (κ2) is 6.06. The normalized spacial score (nSPS) is 22.7. The highest BCUT2D eigenvalue weighted by Gasteiger charge is 2.43. The van der Waals surface area contributed by atoms with Gasteiger partial charge in [-0.1, -0.05) is 70.2 Å². The molecule has 0 saturated carbocycles. The zero-order valence-electron chi connectivity index (χ0n) is 12.6. The number of hydrogen-bond donors (Lipinski definition) is 0. The van der Waals surface area contributed by atoms with Gasteiger partial charge in [0.2, 0.25) is 0 Å². The van der Waals surface area contributed by atoms with Gasteiger partial charge in [0, 0.05) is 0 Å². The molecule has 0 aromatic heterocycles. The average molecular weight is 274 g/mol. The second-order valence-electron chi connectivity index (χ2n) is 6.18. The summed E-state index contributed by atoms with van der Waals surface area (Å²) >= 11 is 0. The Morgan fingerprint density at radius 1 is 1.05 bits per heavy atom. The third-order valence-corrected chi connectivity index (χ3v) is 10.1. The van der Waals surface area contributed by atoms with Gasteiger partial charge >= 0.3 is 0 Å². The molecule has 1 aromatic rings. The summed E-state index contributed by atoms with van der Waals surface area (Å²) in [5.74, 6) is 0. The van der Waals surface area contributed by atoms with E-state index in [2.05, 4.69) is 70.2 Å². The third kappa shape index (κ3) is 3.01. The Morgan fingerprint density at radius 3 is 2.26 bits per heavy atom. The van der Waals surface area contributed by atoms with Crippen LogP contribution in [0.4, 0.5) is 0 Å². The summed E-state index contributed by atoms with van der Waals surface area (Å²) in [5, 5.41) is 0. The monoisotopic (exact) mass is 274 g/mol. The lowest BCUT2D eigenvalue weighted by Gasteiger charge is -2.40. The fraction of sp³-hybridized carbons (Fsp3) is 0.529. The molecular formula is C17H26OSi. The van der Waals surface area contributed by atoms with Gasteiger partial charge in [0.25, 0.3) is 0 Å². The molecule has 2 heteroatoms. The van der Waals surface area contributed by atoms with Crippen molar-refractivity contribution in [1.82, 2.24) is 0 Å². The molecule has 1 aromatic carbocycles. The van der Waals surface area contributed by atoms with Crippen molar-refractivity contribution in [1.29, 1.82) is 0 Å². The van der Waals surface area contributed by atoms with Crippen molar-refractivity contribution >= 4 is 8.32 Å². The standard InChI is InChI=1S/C17H26OSi/c1-14(2)19(15(3)4)13-9-8-12-17(18-19)16-10-6-5-7-11-16/h5-8,10-12,14-15,17H,9,13H2,1-4H3. The molecule has 0 fully saturated rings. The predicted molar refractivity (Wildman–Crippen MR) is 84.8 cm³/mol. The fourth-order valence-electron chi connectivity index (χ4n) is 3.20. The quantitative estimate of drug-likeness (QED) is 0.524. The van der Waals surface area contributed by atoms with Crippen molar-refractivity contribution in [2.45, 2.75) is 57.3 Å². The van der Waals surface area contributed by atoms with E-state index in [9.17, 15) is 0 Å². The van der Waals surface area contributed by atoms with Gasteiger partial charge in [0.1, 0.15) is 0 Å². The first-order chi connectivity index (χ1) is 9.06. The minimum absolute atomic E-state index is 0.153. The Balaban J connectivity index is 2.31. The molecule has 0 spiro atoms. The summed E-state index contributed by atoms with van der Waals surface area (Å²) in [6.45, 7) is 9.39. The predicted octanol–water partition coefficient (Wildman–Crippen LogP) is 5.47. The van der Waals surface area contributed by atoms with Crippen molar-refractivity contribution in [2.75, 3.05) is 0 Å². The smallest absolute Gasteiger partial charge is 0.199 e. The van der Waals surface area contributed by atoms with E-state index >= 15 is 0 Å². The molecule has 1 aliphatic rings. The van der Waals surface area contributed by atoms with E-state index in [1.54, 1.807) is 0 Å². The summed E-state index contributed by atoms with van der Waals surface area (Å²) in [5.41, 5.74) is 2.62. The largest absolute Gasteiger partial charge is 0.406 e. The highest BCUT2D eigenvalue weighted by Crippen LogP contribution is 2.43. The van der Waals surface area contributed by atoms with Gasteiger partial charge in [0.15, 0.2) is 8.32 Å². The molecule has 19 heavy (non-hydrogen) atoms. The van der Waals surface area contributed by atoms with Gasteiger partial charge in [-0.25, -0.2) is 0 Å². The van der Waals surface area contributed by atoms with Gasteiger partial charge in [0.05, 0.1) is 6.10 Å². The van der Waals surface area contributed by atoms with Crippen LogP contribution < -0.4 is 0 Å². The van der Waals surface area contributed by atoms with E-state index in [4.69, 9.17) is 4.43 Å². The minimum Gasteiger partial charge on any atom is -0.406 e. The molecule has 1 heterocycles. The van der Waals surface area contributed by atoms with Crippen LogP contribution in [0, 0.1) is 0 Å². The fourth-order valence-corrected chi connectivity index (χ4v) is 7.66. The van der Waals surface area contributed by atoms with E-state index < -0.39 is 8.32 Å². The maximum absolute atomic E-state index is 6.76. The van der Waals surface area contributed by atoms with Crippen LogP contribution in [0.5, 0.6) is 0 Å². The van der Waals surface area contributed by atoms with Gasteiger partial charge in [-0.2, -0.15) is 0 Å². The van der Waals surface area contributed by atoms with Crippen LogP contribution in [0.25, 0.3) is 0 Å². The van der Waals surface area contributed by atoms with Crippen molar-refractivity contribution < 1.29 is 4.43 Å². The average Bonchev–Trinajstić information content (AvgIpc) is 2.63. The zero-order chi connectivity index (χ0) is 13.9. The summed E-state index contributed by atoms with van der Waals surface area (Å²) < 4.78 is 6.76. The second-order valence-corrected chi connectivity index (χ2v) is 11.1. The molecule has 2 rings (SSSR count). The lowest BCUT2D eigenvalue weighted by Crippen LogP contribution is -2.44. The van der Waals surface area contributed by atoms with E-state index in [1.807, 2.05) is 0 Å².